The van der Waals surface area contributed by atoms with Crippen LogP contribution in [0.2, 0.25) is 0 Å². The van der Waals surface area contributed by atoms with Crippen molar-refractivity contribution >= 4 is 65.2 Å². The molecule has 412 valence electrons. The summed E-state index contributed by atoms with van der Waals surface area (Å²) in [6, 6.07) is -3.04. The number of hydrogen-bond acceptors (Lipinski definition) is 14. The summed E-state index contributed by atoms with van der Waals surface area (Å²) >= 11 is 1.80. The van der Waals surface area contributed by atoms with Crippen molar-refractivity contribution in [3.05, 3.63) is 18.2 Å². The third-order valence-corrected chi connectivity index (χ3v) is 14.3. The number of nitrogens with zero attached hydrogens (tertiary/aromatic N) is 6. The van der Waals surface area contributed by atoms with Crippen LogP contribution in [-0.4, -0.2) is 185 Å². The average Bonchev–Trinajstić information content (AvgIpc) is 4.10. The molecule has 26 nitrogen and oxygen atoms in total. The molecule has 27 heteroatoms. The number of primary amides is 1. The molecule has 0 radical (unpaired) electrons. The van der Waals surface area contributed by atoms with Crippen molar-refractivity contribution in [2.75, 3.05) is 71.2 Å². The maximum atomic E-state index is 14.4. The first-order valence-corrected chi connectivity index (χ1v) is 26.8. The van der Waals surface area contributed by atoms with Gasteiger partial charge in [0, 0.05) is 101 Å². The second kappa shape index (κ2) is 34.5. The fourth-order valence-corrected chi connectivity index (χ4v) is 10.6. The summed E-state index contributed by atoms with van der Waals surface area (Å²) in [4.78, 5) is 115. The Bertz CT molecular complexity index is 1920. The van der Waals surface area contributed by atoms with E-state index >= 15 is 0 Å². The van der Waals surface area contributed by atoms with E-state index in [4.69, 9.17) is 45.9 Å². The van der Waals surface area contributed by atoms with Crippen LogP contribution in [0.25, 0.3) is 0 Å². The molecule has 2 fully saturated rings. The van der Waals surface area contributed by atoms with Crippen LogP contribution in [0.4, 0.5) is 4.79 Å². The number of aliphatic imine (C=N–C) groups is 2. The monoisotopic (exact) mass is 1050 g/mol. The molecule has 2 aliphatic heterocycles. The van der Waals surface area contributed by atoms with E-state index in [1.807, 2.05) is 0 Å². The topological polar surface area (TPSA) is 439 Å². The lowest BCUT2D eigenvalue weighted by atomic mass is 10.0. The Hall–Kier alpha value is -5.93. The highest BCUT2D eigenvalue weighted by molar-refractivity contribution is 8.00. The van der Waals surface area contributed by atoms with Gasteiger partial charge in [-0.15, -0.1) is 0 Å². The van der Waals surface area contributed by atoms with E-state index in [0.29, 0.717) is 83.1 Å². The summed E-state index contributed by atoms with van der Waals surface area (Å²) in [5.74, 6) is -1.99. The lowest BCUT2D eigenvalue weighted by Gasteiger charge is -2.33. The van der Waals surface area contributed by atoms with Gasteiger partial charge in [0.05, 0.1) is 18.4 Å². The SMILES string of the molecule is NCCCCCC(=O)N(CCNC(=O)[C@H](CCCN=C(N)N)N(CCN)C(=O)CCCC[C@@H]1SC[C@@H]2NC(=O)N[C@@H]21)[C@@H](Cc1cnc[nH]1)C(=O)NCCN(C(=O)CCCCN=C(N)N)[C@@H](CCCCN)C(N)=O. The van der Waals surface area contributed by atoms with Crippen LogP contribution in [0.3, 0.4) is 0 Å². The molecule has 0 aromatic carbocycles. The molecule has 2 aliphatic rings. The molecule has 0 aliphatic carbocycles. The molecule has 73 heavy (non-hydrogen) atoms. The van der Waals surface area contributed by atoms with Crippen molar-refractivity contribution in [2.24, 2.45) is 55.9 Å². The van der Waals surface area contributed by atoms with E-state index < -0.39 is 35.8 Å². The summed E-state index contributed by atoms with van der Waals surface area (Å²) < 4.78 is 0. The van der Waals surface area contributed by atoms with Gasteiger partial charge in [0.15, 0.2) is 11.9 Å². The lowest BCUT2D eigenvalue weighted by molar-refractivity contribution is -0.142. The van der Waals surface area contributed by atoms with Crippen molar-refractivity contribution in [1.29, 1.82) is 0 Å². The van der Waals surface area contributed by atoms with E-state index in [2.05, 4.69) is 41.2 Å². The highest BCUT2D eigenvalue weighted by Crippen LogP contribution is 2.33. The van der Waals surface area contributed by atoms with Crippen LogP contribution in [0.15, 0.2) is 22.5 Å². The number of urea groups is 1. The molecule has 21 N–H and O–H groups in total. The number of fused-ring (bicyclic) bond motifs is 1. The van der Waals surface area contributed by atoms with Crippen molar-refractivity contribution in [1.82, 2.24) is 45.9 Å². The number of carbonyl (C=O) groups excluding carboxylic acids is 7. The van der Waals surface area contributed by atoms with Gasteiger partial charge >= 0.3 is 6.03 Å². The minimum absolute atomic E-state index is 0.0220. The van der Waals surface area contributed by atoms with Crippen LogP contribution in [0.5, 0.6) is 0 Å². The highest BCUT2D eigenvalue weighted by Gasteiger charge is 2.42. The summed E-state index contributed by atoms with van der Waals surface area (Å²) in [6.07, 6.45) is 10.3. The highest BCUT2D eigenvalue weighted by atomic mass is 32.2. The van der Waals surface area contributed by atoms with Crippen LogP contribution < -0.4 is 67.1 Å². The van der Waals surface area contributed by atoms with E-state index in [0.717, 1.165) is 18.6 Å². The number of nitrogens with one attached hydrogen (secondary N) is 5. The van der Waals surface area contributed by atoms with Gasteiger partial charge in [-0.3, -0.25) is 38.8 Å². The zero-order chi connectivity index (χ0) is 53.5. The van der Waals surface area contributed by atoms with Gasteiger partial charge < -0.3 is 86.8 Å². The van der Waals surface area contributed by atoms with Gasteiger partial charge in [0.25, 0.3) is 0 Å². The van der Waals surface area contributed by atoms with Gasteiger partial charge in [-0.25, -0.2) is 9.78 Å². The van der Waals surface area contributed by atoms with Crippen molar-refractivity contribution in [3.63, 3.8) is 0 Å². The normalized spacial score (nSPS) is 17.0. The zero-order valence-corrected chi connectivity index (χ0v) is 43.3. The summed E-state index contributed by atoms with van der Waals surface area (Å²) in [6.45, 7) is 1.25. The van der Waals surface area contributed by atoms with E-state index in [-0.39, 0.29) is 137 Å². The Morgan fingerprint density at radius 2 is 1.21 bits per heavy atom. The van der Waals surface area contributed by atoms with Gasteiger partial charge in [-0.2, -0.15) is 11.8 Å². The maximum Gasteiger partial charge on any atom is 0.315 e. The number of H-pyrrole nitrogens is 1. The fourth-order valence-electron chi connectivity index (χ4n) is 9.03. The molecule has 1 aromatic heterocycles. The first kappa shape index (κ1) is 61.4. The quantitative estimate of drug-likeness (QED) is 0.0136. The maximum absolute atomic E-state index is 14.4. The molecule has 0 spiro atoms. The number of hydrogen-bond donors (Lipinski definition) is 13. The molecular weight excluding hydrogens is 963 g/mol. The van der Waals surface area contributed by atoms with Crippen molar-refractivity contribution in [2.45, 2.75) is 145 Å². The number of carbonyl (C=O) groups is 7. The Labute approximate surface area is 433 Å². The number of nitrogens with two attached hydrogens (primary N) is 8. The first-order valence-electron chi connectivity index (χ1n) is 25.7. The third kappa shape index (κ3) is 22.4. The Morgan fingerprint density at radius 3 is 1.78 bits per heavy atom. The number of thioether (sulfide) groups is 1. The predicted octanol–water partition coefficient (Wildman–Crippen LogP) is -2.91. The number of rotatable bonds is 39. The predicted molar refractivity (Wildman–Crippen MR) is 282 cm³/mol. The molecule has 0 saturated carbocycles. The molecule has 0 bridgehead atoms. The van der Waals surface area contributed by atoms with E-state index in [1.54, 1.807) is 18.0 Å². The minimum atomic E-state index is -1.11. The molecule has 8 amide bonds. The zero-order valence-electron chi connectivity index (χ0n) is 42.5. The summed E-state index contributed by atoms with van der Waals surface area (Å²) in [5.41, 5.74) is 45.9. The van der Waals surface area contributed by atoms with E-state index in [9.17, 15) is 33.6 Å². The van der Waals surface area contributed by atoms with Crippen LogP contribution >= 0.6 is 11.8 Å². The molecule has 1 aromatic rings. The Morgan fingerprint density at radius 1 is 0.658 bits per heavy atom. The van der Waals surface area contributed by atoms with Crippen molar-refractivity contribution < 1.29 is 33.6 Å². The molecule has 2 saturated heterocycles. The Kier molecular flexibility index (Phi) is 29.0. The second-order valence-corrected chi connectivity index (χ2v) is 19.6. The average molecular weight is 1050 g/mol. The molecule has 6 atom stereocenters. The van der Waals surface area contributed by atoms with Crippen molar-refractivity contribution in [3.8, 4) is 0 Å². The second-order valence-electron chi connectivity index (χ2n) is 18.3. The van der Waals surface area contributed by atoms with Gasteiger partial charge in [0.2, 0.25) is 35.4 Å². The van der Waals surface area contributed by atoms with Gasteiger partial charge in [-0.1, -0.05) is 12.8 Å². The van der Waals surface area contributed by atoms with Gasteiger partial charge in [0.1, 0.15) is 18.1 Å². The van der Waals surface area contributed by atoms with E-state index in [1.165, 1.54) is 21.0 Å². The lowest BCUT2D eigenvalue weighted by Crippen LogP contribution is -2.56. The van der Waals surface area contributed by atoms with Gasteiger partial charge in [-0.05, 0) is 83.7 Å². The Balaban J connectivity index is 1.82. The van der Waals surface area contributed by atoms with Crippen LogP contribution in [0, 0.1) is 0 Å². The molecular formula is C46H85N19O7S. The fraction of sp³-hybridized carbons (Fsp3) is 0.739. The largest absolute Gasteiger partial charge is 0.370 e. The number of unbranched alkanes of at least 4 members (excludes halogenated alkanes) is 5. The summed E-state index contributed by atoms with van der Waals surface area (Å²) in [7, 11) is 0. The standard InChI is InChI=1S/C46H85N19O7S/c47-17-7-1-2-14-39(68)65(35(27-31-28-55-30-60-31)43(71)57-22-25-64(33(41(50)69)11-5-8-18-48)38(67)16-6-9-20-58-44(51)52)26-23-56-42(70)34(12-10-21-59-45(53)54)63(24-19-49)37(66)15-4-3-13-36-40-32(29-73-36)61-46(72)62-40/h28,30,32-36,40H,1-27,29,47-49H2,(H2,50,69)(H,55,60)(H,56,70)(H,57,71)(H4,51,52,58)(H4,53,54,59)(H2,61,62,72)/t32-,33-,34-,35-,36-,40-/m0/s1. The minimum Gasteiger partial charge on any atom is -0.370 e. The first-order chi connectivity index (χ1) is 35.1. The number of aromatic nitrogens is 2. The third-order valence-electron chi connectivity index (χ3n) is 12.8. The van der Waals surface area contributed by atoms with Crippen LogP contribution in [-0.2, 0) is 35.2 Å². The molecule has 0 unspecified atom stereocenters. The smallest absolute Gasteiger partial charge is 0.315 e. The molecule has 3 rings (SSSR count). The number of aromatic amines is 1. The molecule has 3 heterocycles. The number of imidazole rings is 1. The summed E-state index contributed by atoms with van der Waals surface area (Å²) in [5, 5.41) is 12.0. The number of amides is 8. The van der Waals surface area contributed by atoms with Crippen LogP contribution in [0.1, 0.15) is 108 Å². The number of guanidine groups is 2.